The molecule has 0 aliphatic carbocycles. The summed E-state index contributed by atoms with van der Waals surface area (Å²) in [6.45, 7) is 3.94. The molecule has 3 nitrogen and oxygen atoms in total. The van der Waals surface area contributed by atoms with E-state index >= 15 is 0 Å². The number of amides is 1. The van der Waals surface area contributed by atoms with Crippen molar-refractivity contribution in [1.29, 1.82) is 0 Å². The van der Waals surface area contributed by atoms with Gasteiger partial charge in [-0.05, 0) is 56.3 Å². The van der Waals surface area contributed by atoms with Crippen LogP contribution in [-0.4, -0.2) is 13.0 Å². The lowest BCUT2D eigenvalue weighted by Crippen LogP contribution is -2.47. The first kappa shape index (κ1) is 18.3. The molecule has 0 saturated carbocycles. The predicted octanol–water partition coefficient (Wildman–Crippen LogP) is 6.25. The van der Waals surface area contributed by atoms with E-state index in [1.165, 1.54) is 22.5 Å². The van der Waals surface area contributed by atoms with Crippen LogP contribution in [0.5, 0.6) is 5.75 Å². The van der Waals surface area contributed by atoms with Crippen LogP contribution in [0.1, 0.15) is 29.1 Å². The van der Waals surface area contributed by atoms with Crippen LogP contribution in [0.15, 0.2) is 42.5 Å². The van der Waals surface area contributed by atoms with E-state index in [2.05, 4.69) is 0 Å². The van der Waals surface area contributed by atoms with E-state index in [0.29, 0.717) is 17.0 Å². The Bertz CT molecular complexity index is 1100. The summed E-state index contributed by atoms with van der Waals surface area (Å²) in [5, 5.41) is 0. The normalized spacial score (nSPS) is 14.4. The highest BCUT2D eigenvalue weighted by atomic mass is 32.9. The van der Waals surface area contributed by atoms with Gasteiger partial charge in [0.1, 0.15) is 15.4 Å². The number of benzene rings is 2. The van der Waals surface area contributed by atoms with Gasteiger partial charge in [-0.3, -0.25) is 9.69 Å². The molecule has 3 aromatic rings. The second-order valence-electron chi connectivity index (χ2n) is 6.75. The van der Waals surface area contributed by atoms with Crippen molar-refractivity contribution >= 4 is 44.5 Å². The molecule has 27 heavy (non-hydrogen) atoms. The quantitative estimate of drug-likeness (QED) is 0.365. The van der Waals surface area contributed by atoms with E-state index in [1.807, 2.05) is 13.8 Å². The summed E-state index contributed by atoms with van der Waals surface area (Å²) < 4.78 is 20.1. The molecule has 1 aliphatic rings. The molecule has 2 heterocycles. The van der Waals surface area contributed by atoms with Crippen LogP contribution in [0.3, 0.4) is 0 Å². The molecule has 0 unspecified atom stereocenters. The number of carbonyl (C=O) groups excluding carboxylic acids is 1. The van der Waals surface area contributed by atoms with Gasteiger partial charge in [0.05, 0.1) is 23.2 Å². The van der Waals surface area contributed by atoms with Gasteiger partial charge in [-0.2, -0.15) is 0 Å². The summed E-state index contributed by atoms with van der Waals surface area (Å²) in [7, 11) is 4.67. The maximum atomic E-state index is 14.1. The van der Waals surface area contributed by atoms with Gasteiger partial charge >= 0.3 is 0 Å². The molecule has 1 aliphatic heterocycles. The second-order valence-corrected chi connectivity index (χ2v) is 9.56. The predicted molar refractivity (Wildman–Crippen MR) is 111 cm³/mol. The van der Waals surface area contributed by atoms with Gasteiger partial charge in [0.15, 0.2) is 0 Å². The summed E-state index contributed by atoms with van der Waals surface area (Å²) in [6, 6.07) is 11.5. The number of ether oxygens (including phenoxy) is 1. The molecule has 0 N–H and O–H groups in total. The maximum Gasteiger partial charge on any atom is 0.259 e. The molecular formula is C20H16FNO2S3. The van der Waals surface area contributed by atoms with Gasteiger partial charge in [-0.1, -0.05) is 32.9 Å². The Morgan fingerprint density at radius 3 is 2.52 bits per heavy atom. The maximum absolute atomic E-state index is 14.1. The number of nitrogens with zero attached hydrogens (tertiary/aromatic N) is 1. The molecule has 0 fully saturated rings. The summed E-state index contributed by atoms with van der Waals surface area (Å²) in [6.07, 6.45) is 0. The van der Waals surface area contributed by atoms with Crippen LogP contribution in [-0.2, 0) is 5.54 Å². The van der Waals surface area contributed by atoms with Gasteiger partial charge in [-0.15, -0.1) is 0 Å². The number of rotatable bonds is 2. The first-order valence-corrected chi connectivity index (χ1v) is 10.8. The highest BCUT2D eigenvalue weighted by Crippen LogP contribution is 2.52. The third kappa shape index (κ3) is 2.81. The molecule has 1 aromatic heterocycles. The Kier molecular flexibility index (Phi) is 4.41. The third-order valence-corrected chi connectivity index (χ3v) is 8.09. The molecule has 0 saturated heterocycles. The number of hydrogen-bond donors (Lipinski definition) is 0. The molecule has 0 spiro atoms. The summed E-state index contributed by atoms with van der Waals surface area (Å²) in [5.74, 6) is 0.101. The number of methoxy groups -OCH3 is 1. The van der Waals surface area contributed by atoms with Gasteiger partial charge in [0.25, 0.3) is 5.91 Å². The zero-order chi connectivity index (χ0) is 19.3. The first-order valence-electron chi connectivity index (χ1n) is 8.26. The lowest BCUT2D eigenvalue weighted by atomic mass is 9.87. The smallest absolute Gasteiger partial charge is 0.259 e. The topological polar surface area (TPSA) is 29.5 Å². The highest BCUT2D eigenvalue weighted by molar-refractivity contribution is 7.80. The standard InChI is InChI=1S/C20H16FNO2S3/c1-20(2)17-16(19(25)27-26-17)14-9-6-12(21)10-15(14)22(20)18(23)11-4-7-13(24-3)8-5-11/h4-10H,1-3H3. The van der Waals surface area contributed by atoms with E-state index < -0.39 is 5.54 Å². The Balaban J connectivity index is 1.93. The van der Waals surface area contributed by atoms with Gasteiger partial charge < -0.3 is 4.74 Å². The highest BCUT2D eigenvalue weighted by Gasteiger charge is 2.43. The monoisotopic (exact) mass is 417 g/mol. The fourth-order valence-corrected chi connectivity index (χ4v) is 6.71. The lowest BCUT2D eigenvalue weighted by molar-refractivity contribution is 0.0961. The molecule has 7 heteroatoms. The summed E-state index contributed by atoms with van der Waals surface area (Å²) in [5.41, 5.74) is 2.16. The number of fused-ring (bicyclic) bond motifs is 3. The van der Waals surface area contributed by atoms with E-state index in [9.17, 15) is 9.18 Å². The lowest BCUT2D eigenvalue weighted by Gasteiger charge is -2.43. The van der Waals surface area contributed by atoms with E-state index in [-0.39, 0.29) is 11.7 Å². The van der Waals surface area contributed by atoms with E-state index in [1.54, 1.807) is 52.7 Å². The molecule has 4 rings (SSSR count). The van der Waals surface area contributed by atoms with Crippen molar-refractivity contribution in [1.82, 2.24) is 0 Å². The van der Waals surface area contributed by atoms with Crippen molar-refractivity contribution in [2.75, 3.05) is 12.0 Å². The SMILES string of the molecule is COc1ccc(C(=O)N2c3cc(F)ccc3-c3c(ssc3=S)C2(C)C)cc1. The van der Waals surface area contributed by atoms with Crippen molar-refractivity contribution in [2.24, 2.45) is 0 Å². The second kappa shape index (κ2) is 6.51. The molecule has 0 radical (unpaired) electrons. The first-order chi connectivity index (χ1) is 12.8. The van der Waals surface area contributed by atoms with Crippen LogP contribution in [0, 0.1) is 9.64 Å². The molecule has 138 valence electrons. The van der Waals surface area contributed by atoms with Crippen LogP contribution < -0.4 is 9.64 Å². The van der Waals surface area contributed by atoms with E-state index in [0.717, 1.165) is 19.8 Å². The van der Waals surface area contributed by atoms with Crippen molar-refractivity contribution in [2.45, 2.75) is 19.4 Å². The molecule has 0 atom stereocenters. The van der Waals surface area contributed by atoms with Crippen LogP contribution in [0.25, 0.3) is 11.1 Å². The van der Waals surface area contributed by atoms with Crippen LogP contribution in [0.4, 0.5) is 10.1 Å². The van der Waals surface area contributed by atoms with Crippen molar-refractivity contribution < 1.29 is 13.9 Å². The summed E-state index contributed by atoms with van der Waals surface area (Å²) in [4.78, 5) is 16.2. The Morgan fingerprint density at radius 2 is 1.85 bits per heavy atom. The van der Waals surface area contributed by atoms with Crippen LogP contribution in [0.2, 0.25) is 0 Å². The van der Waals surface area contributed by atoms with Crippen molar-refractivity contribution in [3.63, 3.8) is 0 Å². The van der Waals surface area contributed by atoms with Crippen molar-refractivity contribution in [3.8, 4) is 16.9 Å². The molecular weight excluding hydrogens is 401 g/mol. The van der Waals surface area contributed by atoms with Gasteiger partial charge in [0.2, 0.25) is 0 Å². The molecule has 2 aromatic carbocycles. The van der Waals surface area contributed by atoms with E-state index in [4.69, 9.17) is 17.0 Å². The number of carbonyl (C=O) groups is 1. The minimum Gasteiger partial charge on any atom is -0.497 e. The number of hydrogen-bond acceptors (Lipinski definition) is 5. The average Bonchev–Trinajstić information content (AvgIpc) is 3.04. The van der Waals surface area contributed by atoms with Gasteiger partial charge in [-0.25, -0.2) is 4.39 Å². The van der Waals surface area contributed by atoms with Gasteiger partial charge in [0, 0.05) is 16.7 Å². The third-order valence-electron chi connectivity index (χ3n) is 4.76. The fraction of sp³-hybridized carbons (Fsp3) is 0.200. The molecule has 1 amide bonds. The Morgan fingerprint density at radius 1 is 1.15 bits per heavy atom. The number of anilines is 1. The Labute approximate surface area is 169 Å². The fourth-order valence-electron chi connectivity index (χ4n) is 3.43. The molecule has 0 bridgehead atoms. The zero-order valence-electron chi connectivity index (χ0n) is 14.9. The average molecular weight is 418 g/mol. The minimum atomic E-state index is -0.647. The Hall–Kier alpha value is -2.09. The largest absolute Gasteiger partial charge is 0.497 e. The minimum absolute atomic E-state index is 0.190. The zero-order valence-corrected chi connectivity index (χ0v) is 17.4. The summed E-state index contributed by atoms with van der Waals surface area (Å²) >= 11 is 5.53. The van der Waals surface area contributed by atoms with Crippen molar-refractivity contribution in [3.05, 3.63) is 62.5 Å². The van der Waals surface area contributed by atoms with Crippen LogP contribution >= 0.6 is 32.9 Å². The number of halogens is 1.